The van der Waals surface area contributed by atoms with Crippen molar-refractivity contribution in [3.05, 3.63) is 42.6 Å². The molecule has 0 amide bonds. The second-order valence-corrected chi connectivity index (χ2v) is 6.64. The highest BCUT2D eigenvalue weighted by molar-refractivity contribution is 5.25. The second kappa shape index (κ2) is 5.48. The van der Waals surface area contributed by atoms with Crippen LogP contribution in [0.5, 0.6) is 0 Å². The van der Waals surface area contributed by atoms with Crippen LogP contribution in [-0.4, -0.2) is 42.7 Å². The van der Waals surface area contributed by atoms with Gasteiger partial charge in [-0.3, -0.25) is 9.47 Å². The normalized spacial score (nSPS) is 24.3. The van der Waals surface area contributed by atoms with Crippen molar-refractivity contribution >= 4 is 0 Å². The molecule has 22 heavy (non-hydrogen) atoms. The summed E-state index contributed by atoms with van der Waals surface area (Å²) >= 11 is 0. The van der Waals surface area contributed by atoms with Gasteiger partial charge in [0.1, 0.15) is 12.1 Å². The van der Waals surface area contributed by atoms with Gasteiger partial charge in [-0.15, -0.1) is 0 Å². The predicted molar refractivity (Wildman–Crippen MR) is 83.6 cm³/mol. The van der Waals surface area contributed by atoms with E-state index in [4.69, 9.17) is 0 Å². The summed E-state index contributed by atoms with van der Waals surface area (Å²) in [7, 11) is 0. The topological polar surface area (TPSA) is 54.2 Å². The van der Waals surface area contributed by atoms with Crippen molar-refractivity contribution in [2.24, 2.45) is 0 Å². The zero-order chi connectivity index (χ0) is 15.0. The maximum absolute atomic E-state index is 9.99. The highest BCUT2D eigenvalue weighted by atomic mass is 16.3. The standard InChI is InChI=1S/C17H22N4O/c22-15-4-8-21(17(10-15)5-1-6-17)12-14-2-3-16(19-11-14)20-9-7-18-13-20/h2-3,7,9,11,13,15,22H,1,4-6,8,10,12H2. The second-order valence-electron chi connectivity index (χ2n) is 6.64. The Bertz CT molecular complexity index is 619. The zero-order valence-corrected chi connectivity index (χ0v) is 12.7. The smallest absolute Gasteiger partial charge is 0.137 e. The van der Waals surface area contributed by atoms with E-state index >= 15 is 0 Å². The average Bonchev–Trinajstić information content (AvgIpc) is 3.02. The van der Waals surface area contributed by atoms with Gasteiger partial charge >= 0.3 is 0 Å². The Hall–Kier alpha value is -1.72. The number of imidazole rings is 1. The maximum atomic E-state index is 9.99. The third-order valence-corrected chi connectivity index (χ3v) is 5.25. The van der Waals surface area contributed by atoms with E-state index in [0.717, 1.165) is 31.7 Å². The Labute approximate surface area is 130 Å². The van der Waals surface area contributed by atoms with Crippen LogP contribution in [0, 0.1) is 0 Å². The fourth-order valence-corrected chi connectivity index (χ4v) is 3.84. The predicted octanol–water partition coefficient (Wildman–Crippen LogP) is 2.15. The molecule has 0 aromatic carbocycles. The quantitative estimate of drug-likeness (QED) is 0.943. The van der Waals surface area contributed by atoms with Crippen molar-refractivity contribution in [3.8, 4) is 5.82 Å². The molecule has 1 unspecified atom stereocenters. The van der Waals surface area contributed by atoms with Crippen LogP contribution in [-0.2, 0) is 6.54 Å². The lowest BCUT2D eigenvalue weighted by Crippen LogP contribution is -2.58. The summed E-state index contributed by atoms with van der Waals surface area (Å²) in [5, 5.41) is 9.99. The van der Waals surface area contributed by atoms with Crippen molar-refractivity contribution in [2.45, 2.75) is 50.3 Å². The molecule has 0 radical (unpaired) electrons. The van der Waals surface area contributed by atoms with E-state index in [1.807, 2.05) is 23.0 Å². The molecular weight excluding hydrogens is 276 g/mol. The van der Waals surface area contributed by atoms with Gasteiger partial charge in [0, 0.05) is 37.2 Å². The summed E-state index contributed by atoms with van der Waals surface area (Å²) in [5.41, 5.74) is 1.49. The Morgan fingerprint density at radius 2 is 2.23 bits per heavy atom. The van der Waals surface area contributed by atoms with Crippen molar-refractivity contribution in [1.29, 1.82) is 0 Å². The van der Waals surface area contributed by atoms with E-state index in [1.165, 1.54) is 24.8 Å². The molecule has 3 heterocycles. The number of nitrogens with zero attached hydrogens (tertiary/aromatic N) is 4. The number of pyridine rings is 1. The Morgan fingerprint density at radius 3 is 2.86 bits per heavy atom. The molecule has 4 rings (SSSR count). The van der Waals surface area contributed by atoms with Crippen molar-refractivity contribution in [3.63, 3.8) is 0 Å². The van der Waals surface area contributed by atoms with Crippen molar-refractivity contribution < 1.29 is 5.11 Å². The van der Waals surface area contributed by atoms with Crippen LogP contribution in [0.25, 0.3) is 5.82 Å². The molecular formula is C17H22N4O. The lowest BCUT2D eigenvalue weighted by molar-refractivity contribution is -0.0702. The van der Waals surface area contributed by atoms with E-state index in [2.05, 4.69) is 20.9 Å². The molecule has 1 spiro atoms. The number of hydrogen-bond acceptors (Lipinski definition) is 4. The van der Waals surface area contributed by atoms with Gasteiger partial charge in [-0.2, -0.15) is 0 Å². The van der Waals surface area contributed by atoms with Crippen LogP contribution in [0.2, 0.25) is 0 Å². The Kier molecular flexibility index (Phi) is 3.47. The first-order valence-electron chi connectivity index (χ1n) is 8.12. The van der Waals surface area contributed by atoms with Crippen LogP contribution >= 0.6 is 0 Å². The van der Waals surface area contributed by atoms with Gasteiger partial charge < -0.3 is 5.11 Å². The fourth-order valence-electron chi connectivity index (χ4n) is 3.84. The molecule has 116 valence electrons. The molecule has 1 aliphatic heterocycles. The van der Waals surface area contributed by atoms with E-state index in [1.54, 1.807) is 12.5 Å². The van der Waals surface area contributed by atoms with Gasteiger partial charge in [-0.1, -0.05) is 6.07 Å². The molecule has 1 N–H and O–H groups in total. The van der Waals surface area contributed by atoms with Gasteiger partial charge in [0.15, 0.2) is 0 Å². The van der Waals surface area contributed by atoms with Gasteiger partial charge in [0.25, 0.3) is 0 Å². The molecule has 1 saturated heterocycles. The SMILES string of the molecule is OC1CCN(Cc2ccc(-n3ccnc3)nc2)C2(CCC2)C1. The first-order chi connectivity index (χ1) is 10.8. The molecule has 1 atom stereocenters. The third-order valence-electron chi connectivity index (χ3n) is 5.25. The van der Waals surface area contributed by atoms with E-state index in [0.29, 0.717) is 0 Å². The minimum absolute atomic E-state index is 0.113. The van der Waals surface area contributed by atoms with Gasteiger partial charge in [0.05, 0.1) is 6.10 Å². The van der Waals surface area contributed by atoms with E-state index in [-0.39, 0.29) is 11.6 Å². The molecule has 2 aromatic rings. The Morgan fingerprint density at radius 1 is 1.32 bits per heavy atom. The number of aliphatic hydroxyl groups is 1. The van der Waals surface area contributed by atoms with Crippen molar-refractivity contribution in [2.75, 3.05) is 6.54 Å². The van der Waals surface area contributed by atoms with Crippen LogP contribution < -0.4 is 0 Å². The summed E-state index contributed by atoms with van der Waals surface area (Å²) in [6, 6.07) is 4.20. The van der Waals surface area contributed by atoms with Gasteiger partial charge in [-0.25, -0.2) is 9.97 Å². The average molecular weight is 298 g/mol. The van der Waals surface area contributed by atoms with Crippen LogP contribution in [0.4, 0.5) is 0 Å². The molecule has 2 fully saturated rings. The zero-order valence-electron chi connectivity index (χ0n) is 12.7. The summed E-state index contributed by atoms with van der Waals surface area (Å²) in [4.78, 5) is 11.2. The Balaban J connectivity index is 1.49. The highest BCUT2D eigenvalue weighted by Gasteiger charge is 2.46. The summed E-state index contributed by atoms with van der Waals surface area (Å²) in [5.74, 6) is 0.897. The molecule has 1 saturated carbocycles. The molecule has 5 heteroatoms. The largest absolute Gasteiger partial charge is 0.393 e. The lowest BCUT2D eigenvalue weighted by atomic mass is 9.69. The van der Waals surface area contributed by atoms with Gasteiger partial charge in [0.2, 0.25) is 0 Å². The molecule has 5 nitrogen and oxygen atoms in total. The molecule has 0 bridgehead atoms. The monoisotopic (exact) mass is 298 g/mol. The summed E-state index contributed by atoms with van der Waals surface area (Å²) < 4.78 is 1.91. The van der Waals surface area contributed by atoms with Crippen LogP contribution in [0.15, 0.2) is 37.1 Å². The van der Waals surface area contributed by atoms with Crippen molar-refractivity contribution in [1.82, 2.24) is 19.4 Å². The highest BCUT2D eigenvalue weighted by Crippen LogP contribution is 2.44. The molecule has 1 aliphatic carbocycles. The number of rotatable bonds is 3. The first kappa shape index (κ1) is 13.9. The first-order valence-corrected chi connectivity index (χ1v) is 8.12. The number of likely N-dealkylation sites (tertiary alicyclic amines) is 1. The van der Waals surface area contributed by atoms with Crippen LogP contribution in [0.3, 0.4) is 0 Å². The van der Waals surface area contributed by atoms with E-state index in [9.17, 15) is 5.11 Å². The minimum atomic E-state index is -0.113. The van der Waals surface area contributed by atoms with E-state index < -0.39 is 0 Å². The number of aliphatic hydroxyl groups excluding tert-OH is 1. The number of hydrogen-bond donors (Lipinski definition) is 1. The molecule has 2 aliphatic rings. The minimum Gasteiger partial charge on any atom is -0.393 e. The fraction of sp³-hybridized carbons (Fsp3) is 0.529. The summed E-state index contributed by atoms with van der Waals surface area (Å²) in [6.45, 7) is 1.92. The number of aromatic nitrogens is 3. The molecule has 2 aromatic heterocycles. The maximum Gasteiger partial charge on any atom is 0.137 e. The van der Waals surface area contributed by atoms with Gasteiger partial charge in [-0.05, 0) is 43.7 Å². The number of piperidine rings is 1. The lowest BCUT2D eigenvalue weighted by Gasteiger charge is -2.54. The van der Waals surface area contributed by atoms with Crippen LogP contribution in [0.1, 0.15) is 37.7 Å². The third kappa shape index (κ3) is 2.44. The summed E-state index contributed by atoms with van der Waals surface area (Å²) in [6.07, 6.45) is 12.8.